The van der Waals surface area contributed by atoms with Crippen molar-refractivity contribution in [3.05, 3.63) is 30.4 Å². The first-order chi connectivity index (χ1) is 9.61. The van der Waals surface area contributed by atoms with E-state index in [0.29, 0.717) is 17.9 Å². The number of pyridine rings is 1. The van der Waals surface area contributed by atoms with E-state index in [1.54, 1.807) is 24.5 Å². The van der Waals surface area contributed by atoms with Crippen LogP contribution in [0.25, 0.3) is 11.5 Å². The first-order valence-corrected chi connectivity index (χ1v) is 7.96. The van der Waals surface area contributed by atoms with E-state index in [0.717, 1.165) is 6.42 Å². The molecule has 2 aromatic heterocycles. The van der Waals surface area contributed by atoms with Crippen LogP contribution in [0.5, 0.6) is 0 Å². The van der Waals surface area contributed by atoms with Crippen molar-refractivity contribution in [1.29, 1.82) is 0 Å². The van der Waals surface area contributed by atoms with Crippen LogP contribution >= 0.6 is 0 Å². The molecule has 2 heterocycles. The van der Waals surface area contributed by atoms with Gasteiger partial charge in [-0.05, 0) is 18.6 Å². The molecule has 0 amide bonds. The Kier molecular flexibility index (Phi) is 4.80. The van der Waals surface area contributed by atoms with Crippen molar-refractivity contribution in [2.75, 3.05) is 5.75 Å². The summed E-state index contributed by atoms with van der Waals surface area (Å²) in [5.41, 5.74) is 0.695. The van der Waals surface area contributed by atoms with Gasteiger partial charge in [0.25, 0.3) is 0 Å². The standard InChI is InChI=1S/C12H16N4O3S/c1-2-3-7-20(17,18)14-9-11-15-16-12(19-11)10-5-4-6-13-8-10/h4-6,8,14H,2-3,7,9H2,1H3. The van der Waals surface area contributed by atoms with Crippen molar-refractivity contribution < 1.29 is 12.8 Å². The van der Waals surface area contributed by atoms with Gasteiger partial charge in [0.1, 0.15) is 0 Å². The molecule has 0 aliphatic carbocycles. The lowest BCUT2D eigenvalue weighted by molar-refractivity contribution is 0.493. The van der Waals surface area contributed by atoms with Crippen LogP contribution < -0.4 is 4.72 Å². The summed E-state index contributed by atoms with van der Waals surface area (Å²) in [5.74, 6) is 0.650. The zero-order valence-electron chi connectivity index (χ0n) is 11.1. The molecule has 2 aromatic rings. The van der Waals surface area contributed by atoms with Crippen LogP contribution in [0.3, 0.4) is 0 Å². The van der Waals surface area contributed by atoms with E-state index in [1.165, 1.54) is 0 Å². The van der Waals surface area contributed by atoms with E-state index in [-0.39, 0.29) is 18.2 Å². The van der Waals surface area contributed by atoms with Gasteiger partial charge in [0.05, 0.1) is 17.9 Å². The fourth-order valence-electron chi connectivity index (χ4n) is 1.51. The minimum atomic E-state index is -3.29. The van der Waals surface area contributed by atoms with Gasteiger partial charge < -0.3 is 4.42 Å². The van der Waals surface area contributed by atoms with Gasteiger partial charge in [0.15, 0.2) is 0 Å². The molecular weight excluding hydrogens is 280 g/mol. The predicted molar refractivity (Wildman–Crippen MR) is 73.1 cm³/mol. The minimum Gasteiger partial charge on any atom is -0.419 e. The minimum absolute atomic E-state index is 0.000685. The largest absolute Gasteiger partial charge is 0.419 e. The lowest BCUT2D eigenvalue weighted by Gasteiger charge is -2.02. The summed E-state index contributed by atoms with van der Waals surface area (Å²) in [6.07, 6.45) is 4.69. The Labute approximate surface area is 117 Å². The highest BCUT2D eigenvalue weighted by molar-refractivity contribution is 7.89. The number of nitrogens with zero attached hydrogens (tertiary/aromatic N) is 3. The van der Waals surface area contributed by atoms with Gasteiger partial charge in [-0.2, -0.15) is 0 Å². The molecule has 0 saturated heterocycles. The number of aromatic nitrogens is 3. The van der Waals surface area contributed by atoms with Crippen LogP contribution in [0.4, 0.5) is 0 Å². The van der Waals surface area contributed by atoms with Gasteiger partial charge in [0, 0.05) is 12.4 Å². The van der Waals surface area contributed by atoms with Crippen molar-refractivity contribution in [2.24, 2.45) is 0 Å². The van der Waals surface area contributed by atoms with Crippen LogP contribution in [0, 0.1) is 0 Å². The number of hydrogen-bond acceptors (Lipinski definition) is 6. The highest BCUT2D eigenvalue weighted by atomic mass is 32.2. The molecule has 0 spiro atoms. The van der Waals surface area contributed by atoms with Crippen molar-refractivity contribution in [3.63, 3.8) is 0 Å². The molecule has 20 heavy (non-hydrogen) atoms. The lowest BCUT2D eigenvalue weighted by atomic mass is 10.3. The molecule has 108 valence electrons. The molecule has 0 radical (unpaired) electrons. The first-order valence-electron chi connectivity index (χ1n) is 6.31. The van der Waals surface area contributed by atoms with Gasteiger partial charge in [-0.3, -0.25) is 4.98 Å². The lowest BCUT2D eigenvalue weighted by Crippen LogP contribution is -2.26. The Bertz CT molecular complexity index is 640. The van der Waals surface area contributed by atoms with E-state index >= 15 is 0 Å². The normalized spacial score (nSPS) is 11.7. The molecule has 1 N–H and O–H groups in total. The predicted octanol–water partition coefficient (Wildman–Crippen LogP) is 1.35. The Hall–Kier alpha value is -1.80. The summed E-state index contributed by atoms with van der Waals surface area (Å²) >= 11 is 0. The molecule has 0 aromatic carbocycles. The molecule has 0 atom stereocenters. The Morgan fingerprint density at radius 1 is 1.35 bits per heavy atom. The number of sulfonamides is 1. The summed E-state index contributed by atoms with van der Waals surface area (Å²) in [5, 5.41) is 7.66. The van der Waals surface area contributed by atoms with Crippen molar-refractivity contribution in [3.8, 4) is 11.5 Å². The number of rotatable bonds is 7. The number of hydrogen-bond donors (Lipinski definition) is 1. The second kappa shape index (κ2) is 6.58. The molecule has 2 rings (SSSR count). The fourth-order valence-corrected chi connectivity index (χ4v) is 2.67. The highest BCUT2D eigenvalue weighted by Crippen LogP contribution is 2.15. The number of unbranched alkanes of at least 4 members (excludes halogenated alkanes) is 1. The van der Waals surface area contributed by atoms with Crippen LogP contribution in [0.2, 0.25) is 0 Å². The van der Waals surface area contributed by atoms with Gasteiger partial charge >= 0.3 is 0 Å². The summed E-state index contributed by atoms with van der Waals surface area (Å²) in [6.45, 7) is 1.94. The molecule has 0 aliphatic rings. The van der Waals surface area contributed by atoms with E-state index in [4.69, 9.17) is 4.42 Å². The summed E-state index contributed by atoms with van der Waals surface area (Å²) in [6, 6.07) is 3.54. The summed E-state index contributed by atoms with van der Waals surface area (Å²) < 4.78 is 31.1. The second-order valence-electron chi connectivity index (χ2n) is 4.24. The fraction of sp³-hybridized carbons (Fsp3) is 0.417. The Morgan fingerprint density at radius 3 is 2.90 bits per heavy atom. The molecule has 0 unspecified atom stereocenters. The monoisotopic (exact) mass is 296 g/mol. The van der Waals surface area contributed by atoms with E-state index in [2.05, 4.69) is 19.9 Å². The van der Waals surface area contributed by atoms with Gasteiger partial charge in [0.2, 0.25) is 21.8 Å². The summed E-state index contributed by atoms with van der Waals surface area (Å²) in [7, 11) is -3.29. The van der Waals surface area contributed by atoms with Gasteiger partial charge in [-0.25, -0.2) is 13.1 Å². The van der Waals surface area contributed by atoms with E-state index in [1.807, 2.05) is 6.92 Å². The highest BCUT2D eigenvalue weighted by Gasteiger charge is 2.13. The van der Waals surface area contributed by atoms with Crippen molar-refractivity contribution in [1.82, 2.24) is 19.9 Å². The topological polar surface area (TPSA) is 98.0 Å². The van der Waals surface area contributed by atoms with Gasteiger partial charge in [-0.1, -0.05) is 13.3 Å². The third-order valence-corrected chi connectivity index (χ3v) is 4.00. The molecule has 0 bridgehead atoms. The average molecular weight is 296 g/mol. The van der Waals surface area contributed by atoms with Crippen LogP contribution in [0.15, 0.2) is 28.9 Å². The smallest absolute Gasteiger partial charge is 0.249 e. The molecule has 7 nitrogen and oxygen atoms in total. The molecule has 0 aliphatic heterocycles. The van der Waals surface area contributed by atoms with Gasteiger partial charge in [-0.15, -0.1) is 10.2 Å². The van der Waals surface area contributed by atoms with Crippen LogP contribution in [-0.4, -0.2) is 29.4 Å². The molecule has 0 fully saturated rings. The van der Waals surface area contributed by atoms with Crippen molar-refractivity contribution in [2.45, 2.75) is 26.3 Å². The summed E-state index contributed by atoms with van der Waals surface area (Å²) in [4.78, 5) is 3.95. The zero-order chi connectivity index (χ0) is 14.4. The molecule has 8 heteroatoms. The van der Waals surface area contributed by atoms with E-state index < -0.39 is 10.0 Å². The third-order valence-electron chi connectivity index (χ3n) is 2.59. The maximum absolute atomic E-state index is 11.6. The Morgan fingerprint density at radius 2 is 2.20 bits per heavy atom. The van der Waals surface area contributed by atoms with Crippen LogP contribution in [0.1, 0.15) is 25.7 Å². The van der Waals surface area contributed by atoms with Crippen molar-refractivity contribution >= 4 is 10.0 Å². The number of nitrogens with one attached hydrogen (secondary N) is 1. The first kappa shape index (κ1) is 14.6. The molecular formula is C12H16N4O3S. The third kappa shape index (κ3) is 4.10. The van der Waals surface area contributed by atoms with Crippen LogP contribution in [-0.2, 0) is 16.6 Å². The zero-order valence-corrected chi connectivity index (χ0v) is 11.9. The maximum Gasteiger partial charge on any atom is 0.249 e. The second-order valence-corrected chi connectivity index (χ2v) is 6.16. The molecule has 0 saturated carbocycles. The quantitative estimate of drug-likeness (QED) is 0.828. The SMILES string of the molecule is CCCCS(=O)(=O)NCc1nnc(-c2cccnc2)o1. The average Bonchev–Trinajstić information content (AvgIpc) is 2.93. The van der Waals surface area contributed by atoms with E-state index in [9.17, 15) is 8.42 Å². The maximum atomic E-state index is 11.6. The Balaban J connectivity index is 1.97.